The second-order valence-electron chi connectivity index (χ2n) is 25.2. The molecule has 0 bridgehead atoms. The van der Waals surface area contributed by atoms with Gasteiger partial charge in [-0.2, -0.15) is 0 Å². The van der Waals surface area contributed by atoms with Crippen molar-refractivity contribution in [3.8, 4) is 0 Å². The predicted octanol–water partition coefficient (Wildman–Crippen LogP) is 22.9. The molecule has 0 amide bonds. The summed E-state index contributed by atoms with van der Waals surface area (Å²) < 4.78 is 34.3. The summed E-state index contributed by atoms with van der Waals surface area (Å²) in [5.74, 6) is -0.849. The largest absolute Gasteiger partial charge is 0.756 e. The number of quaternary nitrogens is 1. The minimum absolute atomic E-state index is 0.0384. The summed E-state index contributed by atoms with van der Waals surface area (Å²) in [4.78, 5) is 38.1. The van der Waals surface area contributed by atoms with Crippen molar-refractivity contribution >= 4 is 19.8 Å². The van der Waals surface area contributed by atoms with Crippen molar-refractivity contribution in [2.24, 2.45) is 0 Å². The molecule has 0 heterocycles. The number of phosphoric ester groups is 1. The lowest BCUT2D eigenvalue weighted by Gasteiger charge is -2.28. The zero-order chi connectivity index (χ0) is 62.6. The molecule has 498 valence electrons. The Bertz CT molecular complexity index is 1770. The van der Waals surface area contributed by atoms with Gasteiger partial charge >= 0.3 is 11.9 Å². The molecule has 0 saturated carbocycles. The maximum Gasteiger partial charge on any atom is 0.306 e. The summed E-state index contributed by atoms with van der Waals surface area (Å²) in [6, 6.07) is 0. The van der Waals surface area contributed by atoms with Crippen LogP contribution in [0.5, 0.6) is 0 Å². The van der Waals surface area contributed by atoms with Crippen molar-refractivity contribution in [3.63, 3.8) is 0 Å². The molecule has 0 aliphatic carbocycles. The van der Waals surface area contributed by atoms with Gasteiger partial charge in [-0.3, -0.25) is 14.2 Å². The van der Waals surface area contributed by atoms with E-state index in [9.17, 15) is 19.0 Å². The van der Waals surface area contributed by atoms with Crippen molar-refractivity contribution < 1.29 is 42.1 Å². The van der Waals surface area contributed by atoms with E-state index in [0.717, 1.165) is 96.3 Å². The van der Waals surface area contributed by atoms with Crippen LogP contribution in [0.4, 0.5) is 0 Å². The van der Waals surface area contributed by atoms with Gasteiger partial charge in [-0.1, -0.05) is 310 Å². The van der Waals surface area contributed by atoms with Crippen LogP contribution in [-0.4, -0.2) is 70.0 Å². The number of likely N-dealkylation sites (N-methyl/N-ethyl adjacent to an activating group) is 1. The molecule has 0 aliphatic heterocycles. The van der Waals surface area contributed by atoms with Gasteiger partial charge in [0.05, 0.1) is 27.7 Å². The van der Waals surface area contributed by atoms with Crippen LogP contribution in [0.15, 0.2) is 97.2 Å². The first-order chi connectivity index (χ1) is 42.0. The number of hydrogen-bond donors (Lipinski definition) is 0. The molecule has 2 unspecified atom stereocenters. The van der Waals surface area contributed by atoms with E-state index in [4.69, 9.17) is 18.5 Å². The van der Waals surface area contributed by atoms with Gasteiger partial charge in [-0.15, -0.1) is 0 Å². The molecule has 10 heteroatoms. The van der Waals surface area contributed by atoms with E-state index < -0.39 is 26.5 Å². The molecule has 0 aliphatic rings. The Morgan fingerprint density at radius 1 is 0.372 bits per heavy atom. The van der Waals surface area contributed by atoms with Gasteiger partial charge in [0.25, 0.3) is 7.82 Å². The fourth-order valence-electron chi connectivity index (χ4n) is 10.1. The molecule has 86 heavy (non-hydrogen) atoms. The Morgan fingerprint density at radius 2 is 0.663 bits per heavy atom. The minimum atomic E-state index is -4.65. The maximum atomic E-state index is 12.9. The number of nitrogens with zero attached hydrogens (tertiary/aromatic N) is 1. The zero-order valence-corrected chi connectivity index (χ0v) is 57.6. The molecule has 0 aromatic carbocycles. The molecule has 0 rings (SSSR count). The summed E-state index contributed by atoms with van der Waals surface area (Å²) >= 11 is 0. The Hall–Kier alpha value is -3.07. The Balaban J connectivity index is 4.04. The van der Waals surface area contributed by atoms with E-state index in [-0.39, 0.29) is 32.0 Å². The number of unbranched alkanes of at least 4 members (excludes halogenated alkanes) is 36. The summed E-state index contributed by atoms with van der Waals surface area (Å²) in [5, 5.41) is 0. The normalized spacial score (nSPS) is 13.7. The van der Waals surface area contributed by atoms with E-state index in [1.165, 1.54) is 193 Å². The van der Waals surface area contributed by atoms with E-state index >= 15 is 0 Å². The van der Waals surface area contributed by atoms with Crippen molar-refractivity contribution in [1.82, 2.24) is 0 Å². The molecule has 9 nitrogen and oxygen atoms in total. The van der Waals surface area contributed by atoms with Gasteiger partial charge in [-0.05, 0) is 96.3 Å². The molecule has 0 fully saturated rings. The summed E-state index contributed by atoms with van der Waals surface area (Å²) in [7, 11) is 1.15. The molecule has 0 spiro atoms. The van der Waals surface area contributed by atoms with Gasteiger partial charge in [0, 0.05) is 12.8 Å². The third-order valence-corrected chi connectivity index (χ3v) is 16.6. The molecule has 0 radical (unpaired) electrons. The van der Waals surface area contributed by atoms with Crippen molar-refractivity contribution in [2.45, 2.75) is 328 Å². The van der Waals surface area contributed by atoms with Gasteiger partial charge in [0.1, 0.15) is 19.8 Å². The van der Waals surface area contributed by atoms with Crippen LogP contribution in [0.25, 0.3) is 0 Å². The molecule has 0 aromatic rings. The third kappa shape index (κ3) is 70.0. The first kappa shape index (κ1) is 82.9. The van der Waals surface area contributed by atoms with Gasteiger partial charge in [-0.25, -0.2) is 0 Å². The molecule has 2 atom stereocenters. The van der Waals surface area contributed by atoms with Crippen LogP contribution in [0.2, 0.25) is 0 Å². The second kappa shape index (κ2) is 66.4. The Morgan fingerprint density at radius 3 is 1.00 bits per heavy atom. The quantitative estimate of drug-likeness (QED) is 0.0195. The van der Waals surface area contributed by atoms with E-state index in [1.807, 2.05) is 21.1 Å². The number of carbonyl (C=O) groups excluding carboxylic acids is 2. The molecular formula is C76H136NO8P. The maximum absolute atomic E-state index is 12.9. The van der Waals surface area contributed by atoms with Crippen molar-refractivity contribution in [3.05, 3.63) is 97.2 Å². The smallest absolute Gasteiger partial charge is 0.306 e. The van der Waals surface area contributed by atoms with Crippen LogP contribution >= 0.6 is 7.82 Å². The van der Waals surface area contributed by atoms with Crippen LogP contribution in [0.1, 0.15) is 322 Å². The fraction of sp³-hybridized carbons (Fsp3) is 0.763. The highest BCUT2D eigenvalue weighted by atomic mass is 31.2. The summed E-state index contributed by atoms with van der Waals surface area (Å²) in [6.45, 7) is 4.13. The lowest BCUT2D eigenvalue weighted by molar-refractivity contribution is -0.870. The average molecular weight is 1220 g/mol. The Labute approximate surface area is 532 Å². The predicted molar refractivity (Wildman–Crippen MR) is 369 cm³/mol. The van der Waals surface area contributed by atoms with Crippen LogP contribution < -0.4 is 4.89 Å². The van der Waals surface area contributed by atoms with Crippen LogP contribution in [-0.2, 0) is 32.7 Å². The number of hydrogen-bond acceptors (Lipinski definition) is 8. The average Bonchev–Trinajstić information content (AvgIpc) is 3.53. The molecule has 0 N–H and O–H groups in total. The number of esters is 2. The zero-order valence-electron chi connectivity index (χ0n) is 56.7. The molecule has 0 aromatic heterocycles. The second-order valence-corrected chi connectivity index (χ2v) is 26.6. The van der Waals surface area contributed by atoms with E-state index in [0.29, 0.717) is 17.4 Å². The molecule has 0 saturated heterocycles. The number of ether oxygens (including phenoxy) is 2. The van der Waals surface area contributed by atoms with Gasteiger partial charge in [0.2, 0.25) is 0 Å². The molecular weight excluding hydrogens is 1090 g/mol. The highest BCUT2D eigenvalue weighted by Crippen LogP contribution is 2.38. The first-order valence-electron chi connectivity index (χ1n) is 35.9. The SMILES string of the molecule is CC/C=C\C/C=C\C/C=C\C/C=C\C/C=C\C/C=C\C/C=C\CCCCCCCC(=O)OC(COC(=O)CCCCCCCCCCCCCCCCCCCCCCCCC/C=C\CCCCCCCCCC)COP(=O)([O-])OCC[N+](C)(C)C. The number of rotatable bonds is 66. The highest BCUT2D eigenvalue weighted by molar-refractivity contribution is 7.45. The monoisotopic (exact) mass is 1220 g/mol. The topological polar surface area (TPSA) is 111 Å². The number of carbonyl (C=O) groups is 2. The summed E-state index contributed by atoms with van der Waals surface area (Å²) in [5.41, 5.74) is 0. The lowest BCUT2D eigenvalue weighted by atomic mass is 10.0. The number of phosphoric acid groups is 1. The third-order valence-electron chi connectivity index (χ3n) is 15.6. The standard InChI is InChI=1S/C76H136NO8P/c1-6-8-10-12-14-16-18-20-22-24-26-28-30-32-34-35-36-37-38-39-40-41-43-44-46-48-50-52-54-56-58-60-62-64-66-68-75(78)82-72-74(73-84-86(80,81)83-71-70-77(3,4)5)85-76(79)69-67-65-63-61-59-57-55-53-51-49-47-45-42-33-31-29-27-25-23-21-19-17-15-13-11-9-7-2/h9,11,15,17,21,23-24,26-27,29,33,42,47,49,53,55,74H,6-8,10,12-14,16,18-20,22,25,28,30-32,34-41,43-46,48,50-52,54,56-73H2,1-5H3/b11-9-,17-15-,23-21-,26-24-,29-27-,42-33-,49-47-,55-53-. The van der Waals surface area contributed by atoms with Crippen LogP contribution in [0.3, 0.4) is 0 Å². The van der Waals surface area contributed by atoms with Gasteiger partial charge < -0.3 is 27.9 Å². The van der Waals surface area contributed by atoms with Crippen LogP contribution in [0, 0.1) is 0 Å². The number of allylic oxidation sites excluding steroid dienone is 16. The van der Waals surface area contributed by atoms with Gasteiger partial charge in [0.15, 0.2) is 6.10 Å². The van der Waals surface area contributed by atoms with E-state index in [1.54, 1.807) is 0 Å². The minimum Gasteiger partial charge on any atom is -0.756 e. The lowest BCUT2D eigenvalue weighted by Crippen LogP contribution is -2.37. The first-order valence-corrected chi connectivity index (χ1v) is 37.4. The fourth-order valence-corrected chi connectivity index (χ4v) is 10.8. The van der Waals surface area contributed by atoms with E-state index in [2.05, 4.69) is 111 Å². The highest BCUT2D eigenvalue weighted by Gasteiger charge is 2.22. The Kier molecular flexibility index (Phi) is 64.0. The van der Waals surface area contributed by atoms with Crippen molar-refractivity contribution in [1.29, 1.82) is 0 Å². The van der Waals surface area contributed by atoms with Crippen molar-refractivity contribution in [2.75, 3.05) is 47.5 Å². The summed E-state index contributed by atoms with van der Waals surface area (Å²) in [6.07, 6.45) is 92.2.